The Morgan fingerprint density at radius 2 is 2.06 bits per heavy atom. The van der Waals surface area contributed by atoms with E-state index in [2.05, 4.69) is 15.5 Å². The van der Waals surface area contributed by atoms with E-state index in [1.165, 1.54) is 0 Å². The SMILES string of the molecule is O=C(CN1CCNCC1)NCC1(CCO)CC1. The van der Waals surface area contributed by atoms with Gasteiger partial charge in [0, 0.05) is 39.3 Å². The first-order chi connectivity index (χ1) is 8.24. The second-order valence-electron chi connectivity index (χ2n) is 5.28. The van der Waals surface area contributed by atoms with Crippen LogP contribution in [0.3, 0.4) is 0 Å². The highest BCUT2D eigenvalue weighted by Gasteiger charge is 2.41. The average Bonchev–Trinajstić information content (AvgIpc) is 3.09. The van der Waals surface area contributed by atoms with Crippen LogP contribution in [-0.4, -0.2) is 61.8 Å². The van der Waals surface area contributed by atoms with E-state index in [0.29, 0.717) is 6.54 Å². The molecule has 1 amide bonds. The number of carbonyl (C=O) groups is 1. The lowest BCUT2D eigenvalue weighted by Gasteiger charge is -2.26. The molecule has 0 bridgehead atoms. The molecule has 98 valence electrons. The molecule has 0 aromatic heterocycles. The summed E-state index contributed by atoms with van der Waals surface area (Å²) in [5.41, 5.74) is 0.216. The van der Waals surface area contributed by atoms with Gasteiger partial charge in [0.2, 0.25) is 5.91 Å². The Kier molecular flexibility index (Phi) is 4.36. The van der Waals surface area contributed by atoms with Gasteiger partial charge < -0.3 is 15.7 Å². The van der Waals surface area contributed by atoms with Crippen LogP contribution < -0.4 is 10.6 Å². The maximum atomic E-state index is 11.8. The molecule has 1 aliphatic carbocycles. The Morgan fingerprint density at radius 3 is 2.65 bits per heavy atom. The van der Waals surface area contributed by atoms with Gasteiger partial charge in [0.05, 0.1) is 6.54 Å². The molecule has 0 atom stereocenters. The number of hydrogen-bond acceptors (Lipinski definition) is 4. The summed E-state index contributed by atoms with van der Waals surface area (Å²) in [6.45, 7) is 5.33. The Hall–Kier alpha value is -0.650. The van der Waals surface area contributed by atoms with Crippen molar-refractivity contribution in [3.8, 4) is 0 Å². The number of piperazine rings is 1. The number of aliphatic hydroxyl groups is 1. The molecule has 0 aromatic carbocycles. The fourth-order valence-electron chi connectivity index (χ4n) is 2.34. The number of rotatable bonds is 6. The van der Waals surface area contributed by atoms with Crippen LogP contribution >= 0.6 is 0 Å². The molecular weight excluding hydrogens is 218 g/mol. The Bertz CT molecular complexity index is 260. The normalized spacial score (nSPS) is 23.4. The van der Waals surface area contributed by atoms with Gasteiger partial charge in [0.1, 0.15) is 0 Å². The van der Waals surface area contributed by atoms with Gasteiger partial charge in [-0.15, -0.1) is 0 Å². The molecule has 2 fully saturated rings. The van der Waals surface area contributed by atoms with Crippen molar-refractivity contribution in [1.29, 1.82) is 0 Å². The zero-order chi connectivity index (χ0) is 12.1. The monoisotopic (exact) mass is 241 g/mol. The van der Waals surface area contributed by atoms with Crippen LogP contribution in [0.25, 0.3) is 0 Å². The lowest BCUT2D eigenvalue weighted by Crippen LogP contribution is -2.48. The van der Waals surface area contributed by atoms with Crippen molar-refractivity contribution in [3.63, 3.8) is 0 Å². The van der Waals surface area contributed by atoms with E-state index in [9.17, 15) is 4.79 Å². The molecule has 0 radical (unpaired) electrons. The van der Waals surface area contributed by atoms with Crippen LogP contribution in [0.4, 0.5) is 0 Å². The highest BCUT2D eigenvalue weighted by Crippen LogP contribution is 2.47. The summed E-state index contributed by atoms with van der Waals surface area (Å²) in [6.07, 6.45) is 3.10. The molecule has 1 aliphatic heterocycles. The van der Waals surface area contributed by atoms with Crippen molar-refractivity contribution < 1.29 is 9.90 Å². The summed E-state index contributed by atoms with van der Waals surface area (Å²) < 4.78 is 0. The van der Waals surface area contributed by atoms with Gasteiger partial charge in [-0.1, -0.05) is 0 Å². The van der Waals surface area contributed by atoms with E-state index in [1.54, 1.807) is 0 Å². The van der Waals surface area contributed by atoms with Crippen molar-refractivity contribution in [3.05, 3.63) is 0 Å². The standard InChI is InChI=1S/C12H23N3O2/c16-8-3-12(1-2-12)10-14-11(17)9-15-6-4-13-5-7-15/h13,16H,1-10H2,(H,14,17). The maximum absolute atomic E-state index is 11.8. The molecule has 1 saturated heterocycles. The third-order valence-corrected chi connectivity index (χ3v) is 3.84. The summed E-state index contributed by atoms with van der Waals surface area (Å²) in [6, 6.07) is 0. The number of amides is 1. The Morgan fingerprint density at radius 1 is 1.35 bits per heavy atom. The smallest absolute Gasteiger partial charge is 0.234 e. The van der Waals surface area contributed by atoms with Gasteiger partial charge in [0.15, 0.2) is 0 Å². The van der Waals surface area contributed by atoms with Crippen molar-refractivity contribution in [2.45, 2.75) is 19.3 Å². The molecule has 1 saturated carbocycles. The van der Waals surface area contributed by atoms with Crippen molar-refractivity contribution in [2.75, 3.05) is 45.9 Å². The molecule has 5 nitrogen and oxygen atoms in total. The van der Waals surface area contributed by atoms with E-state index in [0.717, 1.165) is 52.0 Å². The van der Waals surface area contributed by atoms with Gasteiger partial charge in [-0.25, -0.2) is 0 Å². The fraction of sp³-hybridized carbons (Fsp3) is 0.917. The van der Waals surface area contributed by atoms with E-state index in [1.807, 2.05) is 0 Å². The number of nitrogens with zero attached hydrogens (tertiary/aromatic N) is 1. The van der Waals surface area contributed by atoms with Gasteiger partial charge >= 0.3 is 0 Å². The Balaban J connectivity index is 1.63. The largest absolute Gasteiger partial charge is 0.396 e. The number of carbonyl (C=O) groups excluding carboxylic acids is 1. The van der Waals surface area contributed by atoms with Gasteiger partial charge in [-0.2, -0.15) is 0 Å². The first kappa shape index (κ1) is 12.8. The second-order valence-corrected chi connectivity index (χ2v) is 5.28. The van der Waals surface area contributed by atoms with E-state index >= 15 is 0 Å². The lowest BCUT2D eigenvalue weighted by molar-refractivity contribution is -0.122. The predicted octanol–water partition coefficient (Wildman–Crippen LogP) is -0.830. The summed E-state index contributed by atoms with van der Waals surface area (Å²) in [7, 11) is 0. The molecule has 0 spiro atoms. The minimum Gasteiger partial charge on any atom is -0.396 e. The zero-order valence-electron chi connectivity index (χ0n) is 10.4. The molecule has 2 rings (SSSR count). The second kappa shape index (κ2) is 5.80. The molecule has 3 N–H and O–H groups in total. The fourth-order valence-corrected chi connectivity index (χ4v) is 2.34. The molecule has 5 heteroatoms. The highest BCUT2D eigenvalue weighted by atomic mass is 16.3. The molecule has 0 aromatic rings. The third-order valence-electron chi connectivity index (χ3n) is 3.84. The van der Waals surface area contributed by atoms with Gasteiger partial charge in [-0.3, -0.25) is 9.69 Å². The van der Waals surface area contributed by atoms with Gasteiger partial charge in [-0.05, 0) is 24.7 Å². The van der Waals surface area contributed by atoms with Crippen LogP contribution in [-0.2, 0) is 4.79 Å². The highest BCUT2D eigenvalue weighted by molar-refractivity contribution is 5.78. The summed E-state index contributed by atoms with van der Waals surface area (Å²) >= 11 is 0. The minimum absolute atomic E-state index is 0.121. The van der Waals surface area contributed by atoms with E-state index in [4.69, 9.17) is 5.11 Å². The average molecular weight is 241 g/mol. The molecule has 0 unspecified atom stereocenters. The quantitative estimate of drug-likeness (QED) is 0.568. The van der Waals surface area contributed by atoms with Crippen LogP contribution in [0.2, 0.25) is 0 Å². The summed E-state index contributed by atoms with van der Waals surface area (Å²) in [4.78, 5) is 13.9. The molecule has 2 aliphatic rings. The van der Waals surface area contributed by atoms with Crippen molar-refractivity contribution >= 4 is 5.91 Å². The van der Waals surface area contributed by atoms with Crippen LogP contribution in [0.15, 0.2) is 0 Å². The Labute approximate surface area is 103 Å². The zero-order valence-corrected chi connectivity index (χ0v) is 10.4. The van der Waals surface area contributed by atoms with Crippen LogP contribution in [0.1, 0.15) is 19.3 Å². The van der Waals surface area contributed by atoms with Crippen molar-refractivity contribution in [1.82, 2.24) is 15.5 Å². The molecular formula is C12H23N3O2. The molecule has 17 heavy (non-hydrogen) atoms. The number of nitrogens with one attached hydrogen (secondary N) is 2. The number of hydrogen-bond donors (Lipinski definition) is 3. The van der Waals surface area contributed by atoms with Crippen molar-refractivity contribution in [2.24, 2.45) is 5.41 Å². The van der Waals surface area contributed by atoms with E-state index < -0.39 is 0 Å². The molecule has 1 heterocycles. The maximum Gasteiger partial charge on any atom is 0.234 e. The third kappa shape index (κ3) is 3.94. The van der Waals surface area contributed by atoms with Crippen LogP contribution in [0.5, 0.6) is 0 Å². The van der Waals surface area contributed by atoms with Crippen LogP contribution in [0, 0.1) is 5.41 Å². The lowest BCUT2D eigenvalue weighted by atomic mass is 10.0. The number of aliphatic hydroxyl groups excluding tert-OH is 1. The minimum atomic E-state index is 0.121. The topological polar surface area (TPSA) is 64.6 Å². The summed E-state index contributed by atoms with van der Waals surface area (Å²) in [5.74, 6) is 0.121. The predicted molar refractivity (Wildman–Crippen MR) is 65.7 cm³/mol. The first-order valence-electron chi connectivity index (χ1n) is 6.55. The first-order valence-corrected chi connectivity index (χ1v) is 6.55. The van der Waals surface area contributed by atoms with E-state index in [-0.39, 0.29) is 17.9 Å². The van der Waals surface area contributed by atoms with Gasteiger partial charge in [0.25, 0.3) is 0 Å². The summed E-state index contributed by atoms with van der Waals surface area (Å²) in [5, 5.41) is 15.2.